The topological polar surface area (TPSA) is 90.9 Å². The van der Waals surface area contributed by atoms with Crippen LogP contribution in [0, 0.1) is 0 Å². The van der Waals surface area contributed by atoms with Crippen molar-refractivity contribution in [1.29, 1.82) is 0 Å². The van der Waals surface area contributed by atoms with E-state index in [1.54, 1.807) is 24.3 Å². The Bertz CT molecular complexity index is 1210. The van der Waals surface area contributed by atoms with Crippen molar-refractivity contribution < 1.29 is 19.4 Å². The lowest BCUT2D eigenvalue weighted by Gasteiger charge is -2.39. The average Bonchev–Trinajstić information content (AvgIpc) is 3.26. The van der Waals surface area contributed by atoms with Crippen LogP contribution in [0.1, 0.15) is 63.5 Å². The summed E-state index contributed by atoms with van der Waals surface area (Å²) in [7, 11) is 0. The van der Waals surface area contributed by atoms with Crippen LogP contribution in [0.2, 0.25) is 0 Å². The minimum atomic E-state index is -1.19. The van der Waals surface area contributed by atoms with E-state index in [-0.39, 0.29) is 5.91 Å². The summed E-state index contributed by atoms with van der Waals surface area (Å²) in [6, 6.07) is 26.8. The van der Waals surface area contributed by atoms with Gasteiger partial charge in [0.1, 0.15) is 11.8 Å². The molecular formula is C34H43N3O4. The van der Waals surface area contributed by atoms with Crippen LogP contribution in [0.15, 0.2) is 91.0 Å². The van der Waals surface area contributed by atoms with Crippen molar-refractivity contribution in [3.8, 4) is 5.75 Å². The third-order valence-corrected chi connectivity index (χ3v) is 7.85. The second-order valence-corrected chi connectivity index (χ2v) is 10.9. The normalized spacial score (nSPS) is 17.7. The Morgan fingerprint density at radius 2 is 1.44 bits per heavy atom. The zero-order valence-electron chi connectivity index (χ0n) is 24.2. The third-order valence-electron chi connectivity index (χ3n) is 7.85. The van der Waals surface area contributed by atoms with E-state index in [1.165, 1.54) is 0 Å². The molecule has 0 aromatic heterocycles. The summed E-state index contributed by atoms with van der Waals surface area (Å²) in [6.07, 6.45) is 3.96. The number of nitrogens with zero attached hydrogens (tertiary/aromatic N) is 1. The van der Waals surface area contributed by atoms with Gasteiger partial charge in [0.2, 0.25) is 5.91 Å². The molecule has 1 aliphatic heterocycles. The van der Waals surface area contributed by atoms with Crippen molar-refractivity contribution in [3.05, 3.63) is 102 Å². The number of aliphatic hydroxyl groups excluding tert-OH is 1. The number of carbonyl (C=O) groups excluding carboxylic acids is 2. The number of amides is 2. The van der Waals surface area contributed by atoms with Crippen molar-refractivity contribution in [2.75, 3.05) is 0 Å². The fourth-order valence-electron chi connectivity index (χ4n) is 5.65. The zero-order valence-corrected chi connectivity index (χ0v) is 24.2. The number of hydrogen-bond donors (Lipinski definition) is 3. The van der Waals surface area contributed by atoms with Crippen LogP contribution in [0.5, 0.6) is 5.75 Å². The molecule has 0 saturated carbocycles. The van der Waals surface area contributed by atoms with E-state index in [9.17, 15) is 14.7 Å². The van der Waals surface area contributed by atoms with E-state index in [4.69, 9.17) is 4.74 Å². The highest BCUT2D eigenvalue weighted by atomic mass is 16.6. The predicted octanol–water partition coefficient (Wildman–Crippen LogP) is 5.82. The molecule has 4 rings (SSSR count). The van der Waals surface area contributed by atoms with Crippen LogP contribution in [0.3, 0.4) is 0 Å². The van der Waals surface area contributed by atoms with Crippen molar-refractivity contribution >= 4 is 12.0 Å². The lowest BCUT2D eigenvalue weighted by atomic mass is 9.94. The molecule has 3 N–H and O–H groups in total. The maximum absolute atomic E-state index is 14.2. The Hall–Kier alpha value is -3.68. The quantitative estimate of drug-likeness (QED) is 0.232. The Kier molecular flexibility index (Phi) is 10.9. The van der Waals surface area contributed by atoms with E-state index in [2.05, 4.69) is 24.5 Å². The molecule has 1 fully saturated rings. The fraction of sp³-hybridized carbons (Fsp3) is 0.412. The Morgan fingerprint density at radius 3 is 2.00 bits per heavy atom. The molecule has 1 saturated heterocycles. The molecule has 1 heterocycles. The van der Waals surface area contributed by atoms with Gasteiger partial charge in [0, 0.05) is 6.54 Å². The van der Waals surface area contributed by atoms with Gasteiger partial charge in [-0.2, -0.15) is 0 Å². The highest BCUT2D eigenvalue weighted by molar-refractivity contribution is 5.86. The summed E-state index contributed by atoms with van der Waals surface area (Å²) in [5.41, 5.74) is 1.40. The highest BCUT2D eigenvalue weighted by Crippen LogP contribution is 2.35. The molecule has 0 aliphatic carbocycles. The summed E-state index contributed by atoms with van der Waals surface area (Å²) in [5.74, 6) is 0.255. The van der Waals surface area contributed by atoms with Gasteiger partial charge in [-0.25, -0.2) is 4.79 Å². The number of aliphatic hydroxyl groups is 1. The van der Waals surface area contributed by atoms with E-state index in [1.807, 2.05) is 71.6 Å². The molecule has 0 spiro atoms. The second kappa shape index (κ2) is 14.8. The van der Waals surface area contributed by atoms with Crippen molar-refractivity contribution in [2.24, 2.45) is 0 Å². The zero-order chi connectivity index (χ0) is 29.1. The van der Waals surface area contributed by atoms with Gasteiger partial charge in [-0.1, -0.05) is 118 Å². The molecule has 41 heavy (non-hydrogen) atoms. The molecule has 3 aromatic rings. The van der Waals surface area contributed by atoms with Crippen LogP contribution >= 0.6 is 0 Å². The van der Waals surface area contributed by atoms with E-state index in [0.29, 0.717) is 18.7 Å². The lowest BCUT2D eigenvalue weighted by Crippen LogP contribution is -2.57. The smallest absolute Gasteiger partial charge is 0.410 e. The highest BCUT2D eigenvalue weighted by Gasteiger charge is 2.52. The molecule has 7 heteroatoms. The average molecular weight is 558 g/mol. The number of ether oxygens (including phenoxy) is 1. The van der Waals surface area contributed by atoms with Crippen molar-refractivity contribution in [1.82, 2.24) is 15.5 Å². The number of hydrogen-bond acceptors (Lipinski definition) is 5. The molecule has 218 valence electrons. The van der Waals surface area contributed by atoms with E-state index in [0.717, 1.165) is 49.7 Å². The Morgan fingerprint density at radius 1 is 0.902 bits per heavy atom. The summed E-state index contributed by atoms with van der Waals surface area (Å²) in [4.78, 5) is 29.1. The monoisotopic (exact) mass is 557 g/mol. The molecular weight excluding hydrogens is 514 g/mol. The molecule has 2 amide bonds. The lowest BCUT2D eigenvalue weighted by molar-refractivity contribution is -0.135. The van der Waals surface area contributed by atoms with E-state index >= 15 is 0 Å². The van der Waals surface area contributed by atoms with Crippen LogP contribution < -0.4 is 15.4 Å². The van der Waals surface area contributed by atoms with Crippen LogP contribution in [0.4, 0.5) is 4.79 Å². The number of benzene rings is 3. The maximum atomic E-state index is 14.2. The SMILES string of the molecule is CCCCC1(CCCC)N[C@@H]([C@@H](O)[C@H](Cc2ccccc2)NC(=O)Oc2ccccc2)C(=O)N1Cc1ccccc1. The van der Waals surface area contributed by atoms with Crippen LogP contribution in [-0.2, 0) is 17.8 Å². The Labute approximate surface area is 243 Å². The number of para-hydroxylation sites is 1. The fourth-order valence-corrected chi connectivity index (χ4v) is 5.65. The van der Waals surface area contributed by atoms with Gasteiger partial charge in [0.15, 0.2) is 0 Å². The minimum Gasteiger partial charge on any atom is -0.410 e. The van der Waals surface area contributed by atoms with Gasteiger partial charge >= 0.3 is 6.09 Å². The van der Waals surface area contributed by atoms with Gasteiger partial charge in [-0.05, 0) is 42.5 Å². The molecule has 1 aliphatic rings. The molecule has 3 aromatic carbocycles. The number of carbonyl (C=O) groups is 2. The summed E-state index contributed by atoms with van der Waals surface area (Å²) in [6.45, 7) is 4.75. The second-order valence-electron chi connectivity index (χ2n) is 10.9. The summed E-state index contributed by atoms with van der Waals surface area (Å²) in [5, 5.41) is 18.3. The van der Waals surface area contributed by atoms with Crippen molar-refractivity contribution in [3.63, 3.8) is 0 Å². The van der Waals surface area contributed by atoms with Gasteiger partial charge in [-0.3, -0.25) is 10.1 Å². The first-order chi connectivity index (χ1) is 20.0. The standard InChI is InChI=1S/C34H43N3O4/c1-3-5-22-34(23-6-4-2)36-30(32(39)37(34)25-27-18-12-8-13-19-27)31(38)29(24-26-16-10-7-11-17-26)35-33(40)41-28-20-14-9-15-21-28/h7-21,29-31,36,38H,3-6,22-25H2,1-2H3,(H,35,40)/t29-,30-,31-/m0/s1. The first-order valence-corrected chi connectivity index (χ1v) is 14.8. The van der Waals surface area contributed by atoms with Gasteiger partial charge < -0.3 is 20.1 Å². The number of nitrogens with one attached hydrogen (secondary N) is 2. The molecule has 0 bridgehead atoms. The predicted molar refractivity (Wildman–Crippen MR) is 161 cm³/mol. The summed E-state index contributed by atoms with van der Waals surface area (Å²) >= 11 is 0. The number of rotatable bonds is 14. The van der Waals surface area contributed by atoms with Crippen LogP contribution in [-0.4, -0.2) is 45.9 Å². The van der Waals surface area contributed by atoms with Gasteiger partial charge in [0.05, 0.1) is 17.8 Å². The number of unbranched alkanes of at least 4 members (excludes halogenated alkanes) is 2. The van der Waals surface area contributed by atoms with E-state index < -0.39 is 29.9 Å². The minimum absolute atomic E-state index is 0.148. The van der Waals surface area contributed by atoms with Crippen LogP contribution in [0.25, 0.3) is 0 Å². The molecule has 0 unspecified atom stereocenters. The first kappa shape index (κ1) is 30.3. The summed E-state index contributed by atoms with van der Waals surface area (Å²) < 4.78 is 5.49. The van der Waals surface area contributed by atoms with Gasteiger partial charge in [0.25, 0.3) is 0 Å². The van der Waals surface area contributed by atoms with Gasteiger partial charge in [-0.15, -0.1) is 0 Å². The van der Waals surface area contributed by atoms with Crippen molar-refractivity contribution in [2.45, 2.75) is 89.2 Å². The largest absolute Gasteiger partial charge is 0.412 e. The first-order valence-electron chi connectivity index (χ1n) is 14.8. The Balaban J connectivity index is 1.62. The molecule has 3 atom stereocenters. The molecule has 0 radical (unpaired) electrons. The maximum Gasteiger partial charge on any atom is 0.412 e. The third kappa shape index (κ3) is 7.96. The molecule has 7 nitrogen and oxygen atoms in total.